The minimum atomic E-state index is -0.587. The van der Waals surface area contributed by atoms with Crippen molar-refractivity contribution in [3.8, 4) is 11.1 Å². The predicted octanol–water partition coefficient (Wildman–Crippen LogP) is 4.34. The molecule has 18 heavy (non-hydrogen) atoms. The van der Waals surface area contributed by atoms with E-state index >= 15 is 0 Å². The first-order chi connectivity index (χ1) is 8.47. The van der Waals surface area contributed by atoms with E-state index in [1.807, 2.05) is 26.0 Å². The van der Waals surface area contributed by atoms with Gasteiger partial charge in [0.05, 0.1) is 0 Å². The predicted molar refractivity (Wildman–Crippen MR) is 70.3 cm³/mol. The van der Waals surface area contributed by atoms with Crippen LogP contribution in [0.15, 0.2) is 36.4 Å². The van der Waals surface area contributed by atoms with Crippen molar-refractivity contribution in [1.29, 1.82) is 0 Å². The van der Waals surface area contributed by atoms with Crippen LogP contribution in [0.5, 0.6) is 0 Å². The number of nitrogens with two attached hydrogens (primary N) is 1. The molecule has 94 valence electrons. The minimum Gasteiger partial charge on any atom is -0.398 e. The highest BCUT2D eigenvalue weighted by molar-refractivity contribution is 5.69. The maximum atomic E-state index is 13.2. The van der Waals surface area contributed by atoms with Crippen molar-refractivity contribution in [1.82, 2.24) is 0 Å². The SMILES string of the molecule is CC(C)c1ccc(-c2cc(F)cc(F)c2)cc1N. The summed E-state index contributed by atoms with van der Waals surface area (Å²) in [6.45, 7) is 4.10. The topological polar surface area (TPSA) is 26.0 Å². The molecule has 2 N–H and O–H groups in total. The smallest absolute Gasteiger partial charge is 0.126 e. The van der Waals surface area contributed by atoms with Crippen molar-refractivity contribution in [2.75, 3.05) is 5.73 Å². The summed E-state index contributed by atoms with van der Waals surface area (Å²) in [5.74, 6) is -0.851. The van der Waals surface area contributed by atoms with Crippen LogP contribution in [0, 0.1) is 11.6 Å². The van der Waals surface area contributed by atoms with Gasteiger partial charge in [0, 0.05) is 11.8 Å². The summed E-state index contributed by atoms with van der Waals surface area (Å²) < 4.78 is 26.3. The van der Waals surface area contributed by atoms with Crippen molar-refractivity contribution >= 4 is 5.69 Å². The van der Waals surface area contributed by atoms with Gasteiger partial charge in [0.25, 0.3) is 0 Å². The van der Waals surface area contributed by atoms with E-state index in [2.05, 4.69) is 0 Å². The molecule has 0 unspecified atom stereocenters. The van der Waals surface area contributed by atoms with Crippen LogP contribution in [0.4, 0.5) is 14.5 Å². The molecule has 0 fully saturated rings. The average molecular weight is 247 g/mol. The Bertz CT molecular complexity index is 556. The summed E-state index contributed by atoms with van der Waals surface area (Å²) in [7, 11) is 0. The van der Waals surface area contributed by atoms with Crippen LogP contribution in [-0.4, -0.2) is 0 Å². The van der Waals surface area contributed by atoms with E-state index in [9.17, 15) is 8.78 Å². The molecule has 0 aliphatic heterocycles. The Morgan fingerprint density at radius 2 is 1.50 bits per heavy atom. The van der Waals surface area contributed by atoms with Crippen molar-refractivity contribution in [3.63, 3.8) is 0 Å². The molecule has 2 rings (SSSR count). The van der Waals surface area contributed by atoms with Gasteiger partial charge in [-0.15, -0.1) is 0 Å². The molecule has 0 saturated heterocycles. The van der Waals surface area contributed by atoms with E-state index < -0.39 is 11.6 Å². The number of nitrogen functional groups attached to an aromatic ring is 1. The molecule has 0 aromatic heterocycles. The lowest BCUT2D eigenvalue weighted by molar-refractivity contribution is 0.584. The fourth-order valence-corrected chi connectivity index (χ4v) is 2.00. The van der Waals surface area contributed by atoms with E-state index in [1.165, 1.54) is 12.1 Å². The molecule has 0 radical (unpaired) electrons. The van der Waals surface area contributed by atoms with Crippen LogP contribution < -0.4 is 5.73 Å². The number of benzene rings is 2. The van der Waals surface area contributed by atoms with Crippen molar-refractivity contribution in [2.45, 2.75) is 19.8 Å². The summed E-state index contributed by atoms with van der Waals surface area (Å²) in [6, 6.07) is 8.94. The second kappa shape index (κ2) is 4.77. The quantitative estimate of drug-likeness (QED) is 0.785. The molecule has 0 bridgehead atoms. The molecular formula is C15H15F2N. The number of hydrogen-bond acceptors (Lipinski definition) is 1. The lowest BCUT2D eigenvalue weighted by Crippen LogP contribution is -1.96. The largest absolute Gasteiger partial charge is 0.398 e. The Hall–Kier alpha value is -1.90. The van der Waals surface area contributed by atoms with Gasteiger partial charge in [0.15, 0.2) is 0 Å². The first kappa shape index (κ1) is 12.6. The first-order valence-electron chi connectivity index (χ1n) is 5.83. The summed E-state index contributed by atoms with van der Waals surface area (Å²) >= 11 is 0. The lowest BCUT2D eigenvalue weighted by Gasteiger charge is -2.11. The number of hydrogen-bond donors (Lipinski definition) is 1. The molecule has 0 aliphatic carbocycles. The van der Waals surface area contributed by atoms with Crippen LogP contribution >= 0.6 is 0 Å². The van der Waals surface area contributed by atoms with Gasteiger partial charge < -0.3 is 5.73 Å². The van der Waals surface area contributed by atoms with Gasteiger partial charge in [0.2, 0.25) is 0 Å². The van der Waals surface area contributed by atoms with Gasteiger partial charge in [-0.25, -0.2) is 8.78 Å². The number of halogens is 2. The fraction of sp³-hybridized carbons (Fsp3) is 0.200. The Balaban J connectivity index is 2.48. The third-order valence-electron chi connectivity index (χ3n) is 2.90. The van der Waals surface area contributed by atoms with Crippen LogP contribution in [-0.2, 0) is 0 Å². The fourth-order valence-electron chi connectivity index (χ4n) is 2.00. The van der Waals surface area contributed by atoms with Gasteiger partial charge in [-0.2, -0.15) is 0 Å². The Labute approximate surface area is 105 Å². The average Bonchev–Trinajstić information content (AvgIpc) is 2.26. The van der Waals surface area contributed by atoms with Gasteiger partial charge in [-0.3, -0.25) is 0 Å². The normalized spacial score (nSPS) is 10.9. The van der Waals surface area contributed by atoms with E-state index in [0.29, 0.717) is 17.2 Å². The molecule has 0 heterocycles. The zero-order chi connectivity index (χ0) is 13.3. The van der Waals surface area contributed by atoms with E-state index in [4.69, 9.17) is 5.73 Å². The third-order valence-corrected chi connectivity index (χ3v) is 2.90. The van der Waals surface area contributed by atoms with Crippen molar-refractivity contribution in [3.05, 3.63) is 53.6 Å². The molecule has 0 spiro atoms. The first-order valence-corrected chi connectivity index (χ1v) is 5.83. The van der Waals surface area contributed by atoms with Gasteiger partial charge in [-0.05, 0) is 40.8 Å². The highest BCUT2D eigenvalue weighted by atomic mass is 19.1. The third kappa shape index (κ3) is 2.50. The van der Waals surface area contributed by atoms with Crippen molar-refractivity contribution < 1.29 is 8.78 Å². The Morgan fingerprint density at radius 3 is 2.00 bits per heavy atom. The molecular weight excluding hydrogens is 232 g/mol. The van der Waals surface area contributed by atoms with Crippen LogP contribution in [0.2, 0.25) is 0 Å². The zero-order valence-electron chi connectivity index (χ0n) is 10.4. The minimum absolute atomic E-state index is 0.322. The van der Waals surface area contributed by atoms with E-state index in [1.54, 1.807) is 6.07 Å². The molecule has 2 aromatic rings. The van der Waals surface area contributed by atoms with Crippen molar-refractivity contribution in [2.24, 2.45) is 0 Å². The van der Waals surface area contributed by atoms with Crippen LogP contribution in [0.3, 0.4) is 0 Å². The van der Waals surface area contributed by atoms with Crippen LogP contribution in [0.25, 0.3) is 11.1 Å². The molecule has 1 nitrogen and oxygen atoms in total. The second-order valence-corrected chi connectivity index (χ2v) is 4.66. The monoisotopic (exact) mass is 247 g/mol. The molecule has 0 amide bonds. The number of anilines is 1. The molecule has 2 aromatic carbocycles. The summed E-state index contributed by atoms with van der Waals surface area (Å²) in [6.07, 6.45) is 0. The van der Waals surface area contributed by atoms with E-state index in [0.717, 1.165) is 17.2 Å². The Morgan fingerprint density at radius 1 is 0.889 bits per heavy atom. The molecule has 0 aliphatic rings. The molecule has 0 saturated carbocycles. The maximum absolute atomic E-state index is 13.2. The summed E-state index contributed by atoms with van der Waals surface area (Å²) in [5, 5.41) is 0. The summed E-state index contributed by atoms with van der Waals surface area (Å²) in [5.41, 5.74) is 8.84. The highest BCUT2D eigenvalue weighted by Crippen LogP contribution is 2.28. The lowest BCUT2D eigenvalue weighted by atomic mass is 9.97. The number of rotatable bonds is 2. The molecule has 3 heteroatoms. The zero-order valence-corrected chi connectivity index (χ0v) is 10.4. The standard InChI is InChI=1S/C15H15F2N/c1-9(2)14-4-3-10(7-15(14)18)11-5-12(16)8-13(17)6-11/h3-9H,18H2,1-2H3. The maximum Gasteiger partial charge on any atom is 0.126 e. The van der Waals surface area contributed by atoms with Gasteiger partial charge >= 0.3 is 0 Å². The molecule has 0 atom stereocenters. The highest BCUT2D eigenvalue weighted by Gasteiger charge is 2.08. The van der Waals surface area contributed by atoms with Gasteiger partial charge in [-0.1, -0.05) is 26.0 Å². The Kier molecular flexibility index (Phi) is 3.32. The van der Waals surface area contributed by atoms with E-state index in [-0.39, 0.29) is 0 Å². The van der Waals surface area contributed by atoms with Gasteiger partial charge in [0.1, 0.15) is 11.6 Å². The second-order valence-electron chi connectivity index (χ2n) is 4.66. The van der Waals surface area contributed by atoms with Crippen LogP contribution in [0.1, 0.15) is 25.3 Å². The summed E-state index contributed by atoms with van der Waals surface area (Å²) in [4.78, 5) is 0.